The van der Waals surface area contributed by atoms with Crippen LogP contribution in [0, 0.1) is 11.8 Å². The Kier molecular flexibility index (Phi) is 13.1. The summed E-state index contributed by atoms with van der Waals surface area (Å²) in [5.41, 5.74) is 0.417. The van der Waals surface area contributed by atoms with Gasteiger partial charge in [-0.15, -0.1) is 0 Å². The molecule has 2 aliphatic rings. The van der Waals surface area contributed by atoms with Gasteiger partial charge in [0.15, 0.2) is 16.4 Å². The first-order chi connectivity index (χ1) is 23.4. The number of β-amino-alcohol motifs (C(OH)–C–C–N with tert-alkyl or cyclic N) is 1. The van der Waals surface area contributed by atoms with Gasteiger partial charge < -0.3 is 25.8 Å². The van der Waals surface area contributed by atoms with Crippen molar-refractivity contribution < 1.29 is 32.6 Å². The Morgan fingerprint density at radius 1 is 0.980 bits per heavy atom. The third-order valence-corrected chi connectivity index (χ3v) is 12.2. The molecule has 2 heterocycles. The predicted octanol–water partition coefficient (Wildman–Crippen LogP) is 2.65. The van der Waals surface area contributed by atoms with Gasteiger partial charge in [0.1, 0.15) is 6.04 Å². The van der Waals surface area contributed by atoms with E-state index in [9.17, 15) is 27.9 Å². The van der Waals surface area contributed by atoms with Crippen LogP contribution in [-0.2, 0) is 30.6 Å². The highest BCUT2D eigenvalue weighted by molar-refractivity contribution is 7.92. The summed E-state index contributed by atoms with van der Waals surface area (Å²) in [6.07, 6.45) is 6.77. The highest BCUT2D eigenvalue weighted by Crippen LogP contribution is 2.39. The topological polar surface area (TPSA) is 167 Å². The van der Waals surface area contributed by atoms with Crippen molar-refractivity contribution in [2.45, 2.75) is 108 Å². The lowest BCUT2D eigenvalue weighted by Gasteiger charge is -2.47. The minimum atomic E-state index is -3.88. The molecule has 2 fully saturated rings. The van der Waals surface area contributed by atoms with E-state index in [4.69, 9.17) is 4.74 Å². The van der Waals surface area contributed by atoms with Crippen LogP contribution in [0.15, 0.2) is 54.7 Å². The van der Waals surface area contributed by atoms with E-state index in [1.54, 1.807) is 18.2 Å². The molecule has 3 amide bonds. The highest BCUT2D eigenvalue weighted by Gasteiger charge is 2.46. The van der Waals surface area contributed by atoms with Gasteiger partial charge in [-0.3, -0.25) is 19.3 Å². The summed E-state index contributed by atoms with van der Waals surface area (Å²) in [5, 5.41) is 20.5. The third-order valence-electron chi connectivity index (χ3n) is 10.0. The van der Waals surface area contributed by atoms with E-state index in [-0.39, 0.29) is 24.8 Å². The van der Waals surface area contributed by atoms with Gasteiger partial charge in [-0.2, -0.15) is 0 Å². The number of hydrogen-bond acceptors (Lipinski definition) is 9. The molecule has 1 aromatic heterocycles. The van der Waals surface area contributed by atoms with Crippen LogP contribution in [-0.4, -0.2) is 102 Å². The lowest BCUT2D eigenvalue weighted by molar-refractivity contribution is -0.133. The first-order valence-electron chi connectivity index (χ1n) is 17.6. The lowest BCUT2D eigenvalue weighted by Crippen LogP contribution is -2.64. The quantitative estimate of drug-likeness (QED) is 0.230. The van der Waals surface area contributed by atoms with E-state index in [1.165, 1.54) is 20.0 Å². The molecule has 0 bridgehead atoms. The summed E-state index contributed by atoms with van der Waals surface area (Å²) in [4.78, 5) is 46.9. The number of piperidine rings is 1. The predicted molar refractivity (Wildman–Crippen MR) is 192 cm³/mol. The number of ether oxygens (including phenoxy) is 1. The van der Waals surface area contributed by atoms with Crippen LogP contribution in [0.5, 0.6) is 5.88 Å². The van der Waals surface area contributed by atoms with Crippen molar-refractivity contribution in [2.75, 3.05) is 26.0 Å². The van der Waals surface area contributed by atoms with Gasteiger partial charge in [0, 0.05) is 37.1 Å². The lowest BCUT2D eigenvalue weighted by atomic mass is 9.72. The number of fused-ring (bicyclic) bond motifs is 1. The molecule has 13 heteroatoms. The van der Waals surface area contributed by atoms with Gasteiger partial charge in [-0.1, -0.05) is 55.7 Å². The fourth-order valence-electron chi connectivity index (χ4n) is 6.96. The van der Waals surface area contributed by atoms with Gasteiger partial charge in [0.25, 0.3) is 5.91 Å². The number of benzene rings is 1. The zero-order valence-corrected chi connectivity index (χ0v) is 31.0. The van der Waals surface area contributed by atoms with Gasteiger partial charge in [-0.05, 0) is 77.3 Å². The van der Waals surface area contributed by atoms with Crippen LogP contribution in [0.2, 0.25) is 0 Å². The maximum absolute atomic E-state index is 14.1. The van der Waals surface area contributed by atoms with E-state index in [2.05, 4.69) is 25.8 Å². The molecule has 1 aliphatic heterocycles. The zero-order valence-electron chi connectivity index (χ0n) is 30.2. The van der Waals surface area contributed by atoms with Crippen LogP contribution in [0.25, 0.3) is 0 Å². The molecule has 1 aliphatic carbocycles. The normalized spacial score (nSPS) is 21.9. The summed E-state index contributed by atoms with van der Waals surface area (Å²) in [7, 11) is -3.88. The Morgan fingerprint density at radius 3 is 2.26 bits per heavy atom. The molecule has 0 radical (unpaired) electrons. The molecule has 2 aromatic rings. The maximum atomic E-state index is 14.1. The number of pyridine rings is 1. The molecule has 0 unspecified atom stereocenters. The number of aliphatic hydroxyl groups is 1. The Bertz CT molecular complexity index is 1550. The molecule has 12 nitrogen and oxygen atoms in total. The van der Waals surface area contributed by atoms with E-state index in [1.807, 2.05) is 51.1 Å². The van der Waals surface area contributed by atoms with Gasteiger partial charge >= 0.3 is 0 Å². The molecule has 1 saturated carbocycles. The third kappa shape index (κ3) is 10.7. The second-order valence-electron chi connectivity index (χ2n) is 15.5. The SMILES string of the molecule is CC(C)(C)NC(=O)[C@@H]1C[C@@H]2CCCC[C@@H]2CN1C[C@@H](O)[C@H](Cc1ccccc1)NC(=O)[C@@H](NC(=O)COc1ccccn1)C(C)(C)S(C)(=O)=O. The molecule has 50 heavy (non-hydrogen) atoms. The number of aliphatic hydroxyl groups excluding tert-OH is 1. The number of nitrogens with one attached hydrogen (secondary N) is 3. The summed E-state index contributed by atoms with van der Waals surface area (Å²) >= 11 is 0. The number of rotatable bonds is 14. The molecule has 4 rings (SSSR count). The fourth-order valence-corrected chi connectivity index (χ4v) is 7.55. The number of amides is 3. The Morgan fingerprint density at radius 2 is 1.64 bits per heavy atom. The number of nitrogens with zero attached hydrogens (tertiary/aromatic N) is 2. The number of carbonyl (C=O) groups is 3. The van der Waals surface area contributed by atoms with E-state index >= 15 is 0 Å². The van der Waals surface area contributed by atoms with E-state index in [0.29, 0.717) is 24.8 Å². The summed E-state index contributed by atoms with van der Waals surface area (Å²) < 4.78 is 29.7. The first-order valence-corrected chi connectivity index (χ1v) is 19.4. The smallest absolute Gasteiger partial charge is 0.258 e. The van der Waals surface area contributed by atoms with Crippen LogP contribution in [0.3, 0.4) is 0 Å². The molecule has 276 valence electrons. The van der Waals surface area contributed by atoms with E-state index in [0.717, 1.165) is 37.5 Å². The van der Waals surface area contributed by atoms with Gasteiger partial charge in [0.05, 0.1) is 22.9 Å². The van der Waals surface area contributed by atoms with Crippen molar-refractivity contribution in [3.8, 4) is 5.88 Å². The molecule has 1 aromatic carbocycles. The molecular weight excluding hydrogens is 659 g/mol. The highest BCUT2D eigenvalue weighted by atomic mass is 32.2. The van der Waals surface area contributed by atoms with Gasteiger partial charge in [0.2, 0.25) is 17.7 Å². The first kappa shape index (κ1) is 39.2. The van der Waals surface area contributed by atoms with Crippen molar-refractivity contribution in [3.63, 3.8) is 0 Å². The number of carbonyl (C=O) groups excluding carboxylic acids is 3. The molecule has 0 spiro atoms. The van der Waals surface area contributed by atoms with Crippen molar-refractivity contribution in [1.29, 1.82) is 0 Å². The van der Waals surface area contributed by atoms with Crippen molar-refractivity contribution >= 4 is 27.6 Å². The Hall–Kier alpha value is -3.55. The number of aromatic nitrogens is 1. The van der Waals surface area contributed by atoms with Crippen molar-refractivity contribution in [1.82, 2.24) is 25.8 Å². The van der Waals surface area contributed by atoms with Crippen LogP contribution < -0.4 is 20.7 Å². The zero-order chi connectivity index (χ0) is 36.7. The average molecular weight is 714 g/mol. The standard InChI is InChI=1S/C37H55N5O7S/c1-36(2,3)41-34(45)29-21-26-16-10-11-17-27(26)22-42(29)23-30(43)28(20-25-14-8-7-9-15-25)39-35(46)33(37(4,5)50(6,47)48)40-31(44)24-49-32-18-12-13-19-38-32/h7-9,12-15,18-19,26-30,33,43H,10-11,16-17,20-24H2,1-6H3,(H,39,46)(H,40,44)(H,41,45)/t26-,27+,28-,29-,30+,33+/m0/s1. The summed E-state index contributed by atoms with van der Waals surface area (Å²) in [6, 6.07) is 11.5. The summed E-state index contributed by atoms with van der Waals surface area (Å²) in [6.45, 7) is 8.87. The van der Waals surface area contributed by atoms with Crippen LogP contribution >= 0.6 is 0 Å². The second-order valence-corrected chi connectivity index (χ2v) is 18.1. The average Bonchev–Trinajstić information content (AvgIpc) is 3.05. The maximum Gasteiger partial charge on any atom is 0.258 e. The number of likely N-dealkylation sites (tertiary alicyclic amines) is 1. The monoisotopic (exact) mass is 713 g/mol. The minimum absolute atomic E-state index is 0.0806. The van der Waals surface area contributed by atoms with Crippen LogP contribution in [0.4, 0.5) is 0 Å². The second kappa shape index (κ2) is 16.6. The van der Waals surface area contributed by atoms with E-state index < -0.39 is 62.8 Å². The molecular formula is C37H55N5O7S. The molecule has 6 atom stereocenters. The fraction of sp³-hybridized carbons (Fsp3) is 0.622. The van der Waals surface area contributed by atoms with Crippen molar-refractivity contribution in [3.05, 3.63) is 60.3 Å². The molecule has 4 N–H and O–H groups in total. The molecule has 1 saturated heterocycles. The number of sulfone groups is 1. The number of hydrogen-bond donors (Lipinski definition) is 4. The minimum Gasteiger partial charge on any atom is -0.468 e. The van der Waals surface area contributed by atoms with Crippen LogP contribution in [0.1, 0.15) is 72.3 Å². The Labute approximate surface area is 297 Å². The summed E-state index contributed by atoms with van der Waals surface area (Å²) in [5.74, 6) is -0.501. The Balaban J connectivity index is 1.58. The van der Waals surface area contributed by atoms with Gasteiger partial charge in [-0.25, -0.2) is 13.4 Å². The van der Waals surface area contributed by atoms with Crippen molar-refractivity contribution in [2.24, 2.45) is 11.8 Å². The largest absolute Gasteiger partial charge is 0.468 e.